The largest absolute Gasteiger partial charge is 0.481 e. The fourth-order valence-electron chi connectivity index (χ4n) is 1.86. The van der Waals surface area contributed by atoms with Gasteiger partial charge in [0, 0.05) is 17.6 Å². The van der Waals surface area contributed by atoms with Crippen LogP contribution in [0.2, 0.25) is 0 Å². The van der Waals surface area contributed by atoms with Gasteiger partial charge in [0.15, 0.2) is 10.9 Å². The van der Waals surface area contributed by atoms with E-state index in [-0.39, 0.29) is 24.0 Å². The number of carbonyl (C=O) groups is 2. The molecule has 0 bridgehead atoms. The average Bonchev–Trinajstić information content (AvgIpc) is 3.32. The van der Waals surface area contributed by atoms with Gasteiger partial charge in [0.1, 0.15) is 0 Å². The Morgan fingerprint density at radius 3 is 2.96 bits per heavy atom. The number of ether oxygens (including phenoxy) is 1. The molecule has 0 spiro atoms. The van der Waals surface area contributed by atoms with Crippen LogP contribution < -0.4 is 20.9 Å². The quantitative estimate of drug-likeness (QED) is 0.530. The highest BCUT2D eigenvalue weighted by atomic mass is 32.1. The minimum Gasteiger partial charge on any atom is -0.481 e. The second kappa shape index (κ2) is 8.07. The molecule has 26 heavy (non-hydrogen) atoms. The van der Waals surface area contributed by atoms with Gasteiger partial charge in [0.25, 0.3) is 5.91 Å². The first kappa shape index (κ1) is 17.4. The van der Waals surface area contributed by atoms with Crippen LogP contribution in [-0.4, -0.2) is 33.9 Å². The lowest BCUT2D eigenvalue weighted by atomic mass is 10.3. The van der Waals surface area contributed by atoms with E-state index in [1.165, 1.54) is 30.9 Å². The van der Waals surface area contributed by atoms with Crippen molar-refractivity contribution in [3.05, 3.63) is 47.5 Å². The Kier molecular flexibility index (Phi) is 5.39. The molecule has 0 fully saturated rings. The van der Waals surface area contributed by atoms with Crippen molar-refractivity contribution in [2.75, 3.05) is 17.9 Å². The van der Waals surface area contributed by atoms with Gasteiger partial charge in [0.2, 0.25) is 17.7 Å². The van der Waals surface area contributed by atoms with Crippen molar-refractivity contribution < 1.29 is 18.7 Å². The van der Waals surface area contributed by atoms with E-state index >= 15 is 0 Å². The fraction of sp³-hybridized carbons (Fsp3) is 0.133. The monoisotopic (exact) mass is 374 g/mol. The predicted molar refractivity (Wildman–Crippen MR) is 92.8 cm³/mol. The summed E-state index contributed by atoms with van der Waals surface area (Å²) in [4.78, 5) is 36.0. The van der Waals surface area contributed by atoms with E-state index in [0.717, 1.165) is 0 Å². The molecule has 3 aromatic rings. The summed E-state index contributed by atoms with van der Waals surface area (Å²) >= 11 is 1.21. The first-order chi connectivity index (χ1) is 12.6. The Balaban J connectivity index is 1.50. The van der Waals surface area contributed by atoms with Gasteiger partial charge in [-0.2, -0.15) is 4.98 Å². The summed E-state index contributed by atoms with van der Waals surface area (Å²) in [5.41, 5.74) is 5.56. The van der Waals surface area contributed by atoms with Crippen LogP contribution in [0.4, 0.5) is 11.1 Å². The Bertz CT molecular complexity index is 895. The summed E-state index contributed by atoms with van der Waals surface area (Å²) in [5, 5.41) is 4.66. The van der Waals surface area contributed by atoms with E-state index in [9.17, 15) is 9.59 Å². The first-order valence-electron chi connectivity index (χ1n) is 7.35. The second-order valence-electron chi connectivity index (χ2n) is 4.85. The van der Waals surface area contributed by atoms with Gasteiger partial charge in [-0.25, -0.2) is 9.97 Å². The number of thiazole rings is 1. The first-order valence-corrected chi connectivity index (χ1v) is 8.23. The van der Waals surface area contributed by atoms with Gasteiger partial charge in [-0.3, -0.25) is 25.8 Å². The van der Waals surface area contributed by atoms with Gasteiger partial charge < -0.3 is 9.15 Å². The van der Waals surface area contributed by atoms with Crippen molar-refractivity contribution in [2.45, 2.75) is 6.42 Å². The number of furan rings is 1. The summed E-state index contributed by atoms with van der Waals surface area (Å²) in [5.74, 6) is 0.000346. The van der Waals surface area contributed by atoms with E-state index in [0.29, 0.717) is 16.7 Å². The van der Waals surface area contributed by atoms with Crippen molar-refractivity contribution in [2.24, 2.45) is 0 Å². The molecular weight excluding hydrogens is 360 g/mol. The molecule has 10 nitrogen and oxygen atoms in total. The predicted octanol–water partition coefficient (Wildman–Crippen LogP) is 1.47. The summed E-state index contributed by atoms with van der Waals surface area (Å²) < 4.78 is 9.97. The summed E-state index contributed by atoms with van der Waals surface area (Å²) in [7, 11) is 1.48. The molecule has 2 amide bonds. The summed E-state index contributed by atoms with van der Waals surface area (Å²) in [6.07, 6.45) is 2.92. The molecule has 0 aliphatic carbocycles. The van der Waals surface area contributed by atoms with Crippen molar-refractivity contribution in [1.29, 1.82) is 0 Å². The molecule has 0 saturated heterocycles. The number of nitrogens with zero attached hydrogens (tertiary/aromatic N) is 3. The number of hydrogen-bond donors (Lipinski definition) is 3. The lowest BCUT2D eigenvalue weighted by molar-refractivity contribution is -0.120. The third-order valence-corrected chi connectivity index (χ3v) is 3.82. The molecule has 0 saturated carbocycles. The fourth-order valence-corrected chi connectivity index (χ4v) is 2.57. The number of nitrogens with one attached hydrogen (secondary N) is 3. The highest BCUT2D eigenvalue weighted by Gasteiger charge is 2.13. The normalized spacial score (nSPS) is 10.2. The SMILES string of the molecule is COc1ccnc(NNC(=O)Cc2csc(NC(=O)c3ccco3)n2)n1. The summed E-state index contributed by atoms with van der Waals surface area (Å²) in [6, 6.07) is 4.75. The Morgan fingerprint density at radius 2 is 2.19 bits per heavy atom. The Labute approximate surface area is 151 Å². The molecule has 3 aromatic heterocycles. The number of hydrogen-bond acceptors (Lipinski definition) is 9. The van der Waals surface area contributed by atoms with Crippen molar-refractivity contribution in [3.8, 4) is 5.88 Å². The van der Waals surface area contributed by atoms with E-state index in [4.69, 9.17) is 9.15 Å². The van der Waals surface area contributed by atoms with Crippen molar-refractivity contribution in [3.63, 3.8) is 0 Å². The zero-order chi connectivity index (χ0) is 18.4. The minimum absolute atomic E-state index is 0.0179. The van der Waals surface area contributed by atoms with Crippen LogP contribution in [0.5, 0.6) is 5.88 Å². The van der Waals surface area contributed by atoms with Crippen LogP contribution in [0.1, 0.15) is 16.2 Å². The lowest BCUT2D eigenvalue weighted by Gasteiger charge is -2.06. The third-order valence-electron chi connectivity index (χ3n) is 3.01. The number of carbonyl (C=O) groups excluding carboxylic acids is 2. The van der Waals surface area contributed by atoms with Crippen LogP contribution in [0.3, 0.4) is 0 Å². The van der Waals surface area contributed by atoms with Gasteiger partial charge in [-0.05, 0) is 12.1 Å². The van der Waals surface area contributed by atoms with Crippen LogP contribution in [0.25, 0.3) is 0 Å². The van der Waals surface area contributed by atoms with Crippen LogP contribution >= 0.6 is 11.3 Å². The van der Waals surface area contributed by atoms with Gasteiger partial charge in [-0.1, -0.05) is 0 Å². The molecule has 11 heteroatoms. The second-order valence-corrected chi connectivity index (χ2v) is 5.71. The van der Waals surface area contributed by atoms with Crippen molar-refractivity contribution >= 4 is 34.2 Å². The van der Waals surface area contributed by atoms with E-state index < -0.39 is 5.91 Å². The molecule has 0 aliphatic heterocycles. The average molecular weight is 374 g/mol. The number of hydrazine groups is 1. The molecule has 0 unspecified atom stereocenters. The molecule has 3 N–H and O–H groups in total. The minimum atomic E-state index is -0.405. The zero-order valence-electron chi connectivity index (χ0n) is 13.6. The van der Waals surface area contributed by atoms with E-state index in [1.807, 2.05) is 0 Å². The molecule has 0 aromatic carbocycles. The topological polar surface area (TPSA) is 131 Å². The van der Waals surface area contributed by atoms with E-state index in [1.54, 1.807) is 23.6 Å². The smallest absolute Gasteiger partial charge is 0.293 e. The number of rotatable bonds is 7. The summed E-state index contributed by atoms with van der Waals surface area (Å²) in [6.45, 7) is 0. The highest BCUT2D eigenvalue weighted by molar-refractivity contribution is 7.14. The maximum Gasteiger partial charge on any atom is 0.293 e. The Hall–Kier alpha value is -3.47. The zero-order valence-corrected chi connectivity index (χ0v) is 14.4. The Morgan fingerprint density at radius 1 is 1.31 bits per heavy atom. The molecule has 3 rings (SSSR count). The van der Waals surface area contributed by atoms with Crippen molar-refractivity contribution in [1.82, 2.24) is 20.4 Å². The van der Waals surface area contributed by atoms with Crippen LogP contribution in [-0.2, 0) is 11.2 Å². The molecule has 3 heterocycles. The number of anilines is 2. The number of methoxy groups -OCH3 is 1. The number of aromatic nitrogens is 3. The highest BCUT2D eigenvalue weighted by Crippen LogP contribution is 2.17. The van der Waals surface area contributed by atoms with Gasteiger partial charge >= 0.3 is 0 Å². The maximum atomic E-state index is 12.0. The maximum absolute atomic E-state index is 12.0. The van der Waals surface area contributed by atoms with Crippen LogP contribution in [0, 0.1) is 0 Å². The van der Waals surface area contributed by atoms with E-state index in [2.05, 4.69) is 31.1 Å². The molecular formula is C15H14N6O4S. The molecule has 0 radical (unpaired) electrons. The van der Waals surface area contributed by atoms with Gasteiger partial charge in [0.05, 0.1) is 25.5 Å². The van der Waals surface area contributed by atoms with Crippen LogP contribution in [0.15, 0.2) is 40.5 Å². The molecule has 0 atom stereocenters. The molecule has 134 valence electrons. The standard InChI is InChI=1S/C15H14N6O4S/c1-24-12-4-5-16-14(18-12)21-20-11(22)7-9-8-26-15(17-9)19-13(23)10-3-2-6-25-10/h2-6,8H,7H2,1H3,(H,20,22)(H,16,18,21)(H,17,19,23). The van der Waals surface area contributed by atoms with Gasteiger partial charge in [-0.15, -0.1) is 11.3 Å². The third kappa shape index (κ3) is 4.54. The number of amides is 2. The lowest BCUT2D eigenvalue weighted by Crippen LogP contribution is -2.31. The molecule has 0 aliphatic rings.